The van der Waals surface area contributed by atoms with Gasteiger partial charge in [-0.1, -0.05) is 6.07 Å². The van der Waals surface area contributed by atoms with Gasteiger partial charge >= 0.3 is 0 Å². The summed E-state index contributed by atoms with van der Waals surface area (Å²) in [5.41, 5.74) is 3.73. The Morgan fingerprint density at radius 2 is 2.00 bits per heavy atom. The molecule has 1 saturated heterocycles. The van der Waals surface area contributed by atoms with E-state index in [1.54, 1.807) is 29.8 Å². The Labute approximate surface area is 214 Å². The average molecular weight is 512 g/mol. The number of carbonyl (C=O) groups excluding carboxylic acids is 1. The summed E-state index contributed by atoms with van der Waals surface area (Å²) in [6.07, 6.45) is 4.32. The number of amides is 1. The molecule has 0 radical (unpaired) electrons. The van der Waals surface area contributed by atoms with Crippen molar-refractivity contribution < 1.29 is 18.3 Å². The number of anilines is 1. The zero-order valence-corrected chi connectivity index (χ0v) is 21.3. The van der Waals surface area contributed by atoms with E-state index in [0.29, 0.717) is 57.9 Å². The molecule has 9 nitrogen and oxygen atoms in total. The molecule has 1 amide bonds. The Hall–Kier alpha value is -3.44. The maximum atomic E-state index is 14.3. The molecule has 1 atom stereocenters. The Bertz CT molecular complexity index is 1300. The average Bonchev–Trinajstić information content (AvgIpc) is 3.31. The number of aryl methyl sites for hydroxylation is 1. The molecule has 0 N–H and O–H groups in total. The monoisotopic (exact) mass is 511 g/mol. The number of hydrogen-bond acceptors (Lipinski definition) is 7. The summed E-state index contributed by atoms with van der Waals surface area (Å²) >= 11 is 0. The maximum Gasteiger partial charge on any atom is 0.219 e. The van der Waals surface area contributed by atoms with Gasteiger partial charge in [-0.2, -0.15) is 5.10 Å². The number of fused-ring (bicyclic) bond motifs is 1. The number of benzene rings is 1. The van der Waals surface area contributed by atoms with Crippen LogP contribution in [0.1, 0.15) is 23.9 Å². The normalized spacial score (nSPS) is 18.2. The number of methoxy groups -OCH3 is 1. The molecule has 1 fully saturated rings. The van der Waals surface area contributed by atoms with Crippen molar-refractivity contribution in [1.29, 1.82) is 0 Å². The molecule has 0 aliphatic carbocycles. The molecule has 3 aromatic rings. The molecular formula is C26H31F2N7O2. The molecule has 2 aliphatic rings. The second-order valence-electron chi connectivity index (χ2n) is 9.66. The van der Waals surface area contributed by atoms with Crippen LogP contribution in [-0.4, -0.2) is 81.4 Å². The van der Waals surface area contributed by atoms with Crippen LogP contribution in [-0.2, 0) is 36.1 Å². The first-order valence-electron chi connectivity index (χ1n) is 12.4. The minimum absolute atomic E-state index is 0.0216. The highest BCUT2D eigenvalue weighted by Gasteiger charge is 2.33. The van der Waals surface area contributed by atoms with E-state index in [1.165, 1.54) is 12.1 Å². The largest absolute Gasteiger partial charge is 0.383 e. The predicted octanol–water partition coefficient (Wildman–Crippen LogP) is 2.40. The van der Waals surface area contributed by atoms with Gasteiger partial charge in [0, 0.05) is 83.6 Å². The van der Waals surface area contributed by atoms with Crippen molar-refractivity contribution in [2.75, 3.05) is 44.8 Å². The van der Waals surface area contributed by atoms with Crippen LogP contribution in [0.5, 0.6) is 0 Å². The zero-order chi connectivity index (χ0) is 26.1. The SMILES string of the molecule is COC[C@H]1CN(Cc2ccc(F)cc2F)CCN1c1nc2c(nc1-c1cnn(C)c1)CN(C(C)=O)CC2. The first-order chi connectivity index (χ1) is 17.8. The van der Waals surface area contributed by atoms with E-state index in [-0.39, 0.29) is 11.9 Å². The molecule has 0 unspecified atom stereocenters. The zero-order valence-electron chi connectivity index (χ0n) is 21.3. The molecule has 4 heterocycles. The van der Waals surface area contributed by atoms with Gasteiger partial charge in [0.1, 0.15) is 17.3 Å². The van der Waals surface area contributed by atoms with Crippen LogP contribution in [0.25, 0.3) is 11.3 Å². The van der Waals surface area contributed by atoms with E-state index >= 15 is 0 Å². The van der Waals surface area contributed by atoms with Crippen LogP contribution in [0.15, 0.2) is 30.6 Å². The molecule has 0 bridgehead atoms. The lowest BCUT2D eigenvalue weighted by molar-refractivity contribution is -0.129. The Balaban J connectivity index is 1.46. The number of nitrogens with zero attached hydrogens (tertiary/aromatic N) is 7. The lowest BCUT2D eigenvalue weighted by Gasteiger charge is -2.42. The van der Waals surface area contributed by atoms with Crippen molar-refractivity contribution in [3.8, 4) is 11.3 Å². The van der Waals surface area contributed by atoms with E-state index in [4.69, 9.17) is 14.7 Å². The van der Waals surface area contributed by atoms with Gasteiger partial charge < -0.3 is 14.5 Å². The Kier molecular flexibility index (Phi) is 7.16. The van der Waals surface area contributed by atoms with E-state index in [2.05, 4.69) is 14.9 Å². The smallest absolute Gasteiger partial charge is 0.219 e. The Morgan fingerprint density at radius 3 is 2.70 bits per heavy atom. The highest BCUT2D eigenvalue weighted by Crippen LogP contribution is 2.33. The van der Waals surface area contributed by atoms with Crippen molar-refractivity contribution in [3.63, 3.8) is 0 Å². The van der Waals surface area contributed by atoms with Crippen molar-refractivity contribution >= 4 is 11.7 Å². The van der Waals surface area contributed by atoms with Gasteiger partial charge in [0.2, 0.25) is 5.91 Å². The quantitative estimate of drug-likeness (QED) is 0.503. The van der Waals surface area contributed by atoms with Gasteiger partial charge in [0.25, 0.3) is 0 Å². The summed E-state index contributed by atoms with van der Waals surface area (Å²) < 4.78 is 35.0. The molecule has 5 rings (SSSR count). The summed E-state index contributed by atoms with van der Waals surface area (Å²) in [4.78, 5) is 28.2. The fraction of sp³-hybridized carbons (Fsp3) is 0.462. The lowest BCUT2D eigenvalue weighted by atomic mass is 10.1. The summed E-state index contributed by atoms with van der Waals surface area (Å²) in [6.45, 7) is 5.37. The van der Waals surface area contributed by atoms with E-state index < -0.39 is 11.6 Å². The van der Waals surface area contributed by atoms with Crippen LogP contribution in [0.2, 0.25) is 0 Å². The van der Waals surface area contributed by atoms with Crippen molar-refractivity contribution in [2.24, 2.45) is 7.05 Å². The van der Waals surface area contributed by atoms with Gasteiger partial charge in [-0.25, -0.2) is 18.7 Å². The number of hydrogen-bond donors (Lipinski definition) is 0. The number of ether oxygens (including phenoxy) is 1. The number of halogens is 2. The molecule has 196 valence electrons. The molecule has 37 heavy (non-hydrogen) atoms. The van der Waals surface area contributed by atoms with Gasteiger partial charge in [-0.15, -0.1) is 0 Å². The van der Waals surface area contributed by atoms with Crippen LogP contribution in [0.3, 0.4) is 0 Å². The van der Waals surface area contributed by atoms with E-state index in [9.17, 15) is 13.6 Å². The van der Waals surface area contributed by atoms with Crippen LogP contribution in [0.4, 0.5) is 14.6 Å². The van der Waals surface area contributed by atoms with Crippen LogP contribution in [0, 0.1) is 11.6 Å². The summed E-state index contributed by atoms with van der Waals surface area (Å²) in [6, 6.07) is 3.66. The number of piperazine rings is 1. The maximum absolute atomic E-state index is 14.3. The van der Waals surface area contributed by atoms with Gasteiger partial charge in [-0.3, -0.25) is 14.4 Å². The second-order valence-corrected chi connectivity index (χ2v) is 9.66. The fourth-order valence-electron chi connectivity index (χ4n) is 5.10. The van der Waals surface area contributed by atoms with E-state index in [1.807, 2.05) is 13.2 Å². The Morgan fingerprint density at radius 1 is 1.16 bits per heavy atom. The van der Waals surface area contributed by atoms with Gasteiger partial charge in [-0.05, 0) is 6.07 Å². The minimum atomic E-state index is -0.580. The second kappa shape index (κ2) is 10.5. The molecule has 1 aromatic carbocycles. The molecular weight excluding hydrogens is 480 g/mol. The minimum Gasteiger partial charge on any atom is -0.383 e. The molecule has 0 saturated carbocycles. The number of aromatic nitrogens is 4. The third-order valence-corrected chi connectivity index (χ3v) is 7.02. The fourth-order valence-corrected chi connectivity index (χ4v) is 5.10. The summed E-state index contributed by atoms with van der Waals surface area (Å²) in [5.74, 6) is -0.334. The third-order valence-electron chi connectivity index (χ3n) is 7.02. The molecule has 0 spiro atoms. The van der Waals surface area contributed by atoms with Crippen LogP contribution < -0.4 is 4.90 Å². The number of carbonyl (C=O) groups is 1. The van der Waals surface area contributed by atoms with Crippen molar-refractivity contribution in [1.82, 2.24) is 29.5 Å². The van der Waals surface area contributed by atoms with E-state index in [0.717, 1.165) is 34.5 Å². The predicted molar refractivity (Wildman–Crippen MR) is 134 cm³/mol. The standard InChI is InChI=1S/C26H31F2N7O2/c1-17(36)34-7-6-23-24(15-34)30-25(19-11-29-32(2)12-19)26(31-23)35-9-8-33(14-21(35)16-37-3)13-18-4-5-20(27)10-22(18)28/h4-5,10-12,21H,6-9,13-16H2,1-3H3/t21-/m1/s1. The molecule has 2 aromatic heterocycles. The summed E-state index contributed by atoms with van der Waals surface area (Å²) in [7, 11) is 3.52. The highest BCUT2D eigenvalue weighted by atomic mass is 19.1. The molecule has 11 heteroatoms. The first-order valence-corrected chi connectivity index (χ1v) is 12.4. The third kappa shape index (κ3) is 5.33. The van der Waals surface area contributed by atoms with Crippen molar-refractivity contribution in [3.05, 3.63) is 59.2 Å². The lowest BCUT2D eigenvalue weighted by Crippen LogP contribution is -2.55. The van der Waals surface area contributed by atoms with Crippen molar-refractivity contribution in [2.45, 2.75) is 32.5 Å². The topological polar surface area (TPSA) is 79.6 Å². The van der Waals surface area contributed by atoms with Crippen LogP contribution >= 0.6 is 0 Å². The first kappa shape index (κ1) is 25.2. The van der Waals surface area contributed by atoms with Gasteiger partial charge in [0.15, 0.2) is 5.82 Å². The number of rotatable bonds is 6. The van der Waals surface area contributed by atoms with Gasteiger partial charge in [0.05, 0.1) is 36.8 Å². The highest BCUT2D eigenvalue weighted by molar-refractivity contribution is 5.74. The molecule has 2 aliphatic heterocycles. The summed E-state index contributed by atoms with van der Waals surface area (Å²) in [5, 5.41) is 4.33.